The first-order chi connectivity index (χ1) is 8.76. The summed E-state index contributed by atoms with van der Waals surface area (Å²) in [5.74, 6) is 6.08. The van der Waals surface area contributed by atoms with Crippen molar-refractivity contribution in [1.82, 2.24) is 16.1 Å². The molecule has 5 N–H and O–H groups in total. The molecular formula is C12H25N5O. The Balaban J connectivity index is 2.06. The summed E-state index contributed by atoms with van der Waals surface area (Å²) in [6.07, 6.45) is 5.77. The molecule has 0 saturated heterocycles. The highest BCUT2D eigenvalue weighted by Gasteiger charge is 2.22. The first kappa shape index (κ1) is 14.8. The molecule has 6 heteroatoms. The summed E-state index contributed by atoms with van der Waals surface area (Å²) in [7, 11) is 0. The van der Waals surface area contributed by atoms with Gasteiger partial charge in [-0.25, -0.2) is 5.84 Å². The fourth-order valence-corrected chi connectivity index (χ4v) is 1.49. The van der Waals surface area contributed by atoms with Crippen LogP contribution < -0.4 is 21.9 Å². The van der Waals surface area contributed by atoms with E-state index in [4.69, 9.17) is 5.84 Å². The second-order valence-electron chi connectivity index (χ2n) is 4.60. The van der Waals surface area contributed by atoms with Gasteiger partial charge in [-0.1, -0.05) is 13.3 Å². The number of carbonyl (C=O) groups excluding carboxylic acids is 1. The highest BCUT2D eigenvalue weighted by Crippen LogP contribution is 2.18. The fourth-order valence-electron chi connectivity index (χ4n) is 1.49. The van der Waals surface area contributed by atoms with E-state index in [-0.39, 0.29) is 5.91 Å². The maximum Gasteiger partial charge on any atom is 0.220 e. The first-order valence-corrected chi connectivity index (χ1v) is 6.80. The Hall–Kier alpha value is -1.30. The summed E-state index contributed by atoms with van der Waals surface area (Å²) in [6, 6.07) is 0.443. The topological polar surface area (TPSA) is 91.5 Å². The lowest BCUT2D eigenvalue weighted by Gasteiger charge is -2.08. The van der Waals surface area contributed by atoms with E-state index in [1.807, 2.05) is 0 Å². The van der Waals surface area contributed by atoms with Gasteiger partial charge in [0.1, 0.15) is 0 Å². The number of carbonyl (C=O) groups is 1. The van der Waals surface area contributed by atoms with Crippen molar-refractivity contribution in [3.05, 3.63) is 0 Å². The average Bonchev–Trinajstić information content (AvgIpc) is 3.16. The lowest BCUT2D eigenvalue weighted by atomic mass is 10.3. The third-order valence-corrected chi connectivity index (χ3v) is 2.73. The second kappa shape index (κ2) is 8.74. The van der Waals surface area contributed by atoms with Gasteiger partial charge in [0.2, 0.25) is 11.9 Å². The molecule has 0 aliphatic heterocycles. The molecule has 1 saturated carbocycles. The van der Waals surface area contributed by atoms with Gasteiger partial charge in [0, 0.05) is 25.6 Å². The number of unbranched alkanes of at least 4 members (excludes halogenated alkanes) is 1. The molecule has 0 radical (unpaired) electrons. The minimum atomic E-state index is 0.133. The summed E-state index contributed by atoms with van der Waals surface area (Å²) in [4.78, 5) is 15.7. The zero-order chi connectivity index (χ0) is 13.2. The summed E-state index contributed by atoms with van der Waals surface area (Å²) < 4.78 is 0. The van der Waals surface area contributed by atoms with Crippen LogP contribution in [0, 0.1) is 0 Å². The lowest BCUT2D eigenvalue weighted by molar-refractivity contribution is -0.121. The molecule has 1 fully saturated rings. The number of amides is 1. The van der Waals surface area contributed by atoms with Crippen molar-refractivity contribution in [2.24, 2.45) is 10.8 Å². The van der Waals surface area contributed by atoms with Crippen LogP contribution in [0.15, 0.2) is 4.99 Å². The van der Waals surface area contributed by atoms with Gasteiger partial charge in [0.05, 0.1) is 0 Å². The van der Waals surface area contributed by atoms with E-state index in [1.165, 1.54) is 0 Å². The molecule has 18 heavy (non-hydrogen) atoms. The molecule has 1 aliphatic rings. The average molecular weight is 255 g/mol. The van der Waals surface area contributed by atoms with Gasteiger partial charge in [-0.05, 0) is 25.7 Å². The van der Waals surface area contributed by atoms with Crippen LogP contribution in [0.2, 0.25) is 0 Å². The molecule has 0 aromatic rings. The number of hydrogen-bond donors (Lipinski definition) is 4. The van der Waals surface area contributed by atoms with Gasteiger partial charge < -0.3 is 10.6 Å². The van der Waals surface area contributed by atoms with Crippen LogP contribution >= 0.6 is 0 Å². The van der Waals surface area contributed by atoms with Crippen molar-refractivity contribution < 1.29 is 4.79 Å². The van der Waals surface area contributed by atoms with E-state index in [0.29, 0.717) is 25.0 Å². The van der Waals surface area contributed by atoms with Crippen LogP contribution in [0.25, 0.3) is 0 Å². The summed E-state index contributed by atoms with van der Waals surface area (Å²) in [6.45, 7) is 3.60. The number of aliphatic imine (C=N–C) groups is 1. The molecule has 0 bridgehead atoms. The molecule has 6 nitrogen and oxygen atoms in total. The largest absolute Gasteiger partial charge is 0.355 e. The number of nitrogens with zero attached hydrogens (tertiary/aromatic N) is 1. The highest BCUT2D eigenvalue weighted by atomic mass is 16.1. The van der Waals surface area contributed by atoms with Crippen molar-refractivity contribution in [2.75, 3.05) is 13.1 Å². The third kappa shape index (κ3) is 7.11. The van der Waals surface area contributed by atoms with Crippen molar-refractivity contribution in [3.63, 3.8) is 0 Å². The third-order valence-electron chi connectivity index (χ3n) is 2.73. The Kier molecular flexibility index (Phi) is 7.17. The molecule has 0 aromatic heterocycles. The van der Waals surface area contributed by atoms with Crippen molar-refractivity contribution in [3.8, 4) is 0 Å². The normalized spacial score (nSPS) is 15.3. The van der Waals surface area contributed by atoms with Crippen molar-refractivity contribution in [2.45, 2.75) is 51.5 Å². The van der Waals surface area contributed by atoms with Crippen molar-refractivity contribution >= 4 is 11.9 Å². The Morgan fingerprint density at radius 3 is 2.78 bits per heavy atom. The predicted molar refractivity (Wildman–Crippen MR) is 72.9 cm³/mol. The van der Waals surface area contributed by atoms with Gasteiger partial charge in [-0.3, -0.25) is 15.2 Å². The smallest absolute Gasteiger partial charge is 0.220 e. The van der Waals surface area contributed by atoms with E-state index in [9.17, 15) is 4.79 Å². The molecule has 0 aromatic carbocycles. The van der Waals surface area contributed by atoms with Crippen LogP contribution in [-0.4, -0.2) is 31.0 Å². The minimum Gasteiger partial charge on any atom is -0.355 e. The number of rotatable bonds is 8. The molecule has 0 heterocycles. The Bertz CT molecular complexity index is 276. The minimum absolute atomic E-state index is 0.133. The number of hydrazine groups is 1. The van der Waals surface area contributed by atoms with E-state index < -0.39 is 0 Å². The van der Waals surface area contributed by atoms with Crippen LogP contribution in [0.1, 0.15) is 45.4 Å². The fraction of sp³-hybridized carbons (Fsp3) is 0.833. The van der Waals surface area contributed by atoms with Crippen LogP contribution in [0.4, 0.5) is 0 Å². The molecule has 1 aliphatic carbocycles. The first-order valence-electron chi connectivity index (χ1n) is 6.80. The van der Waals surface area contributed by atoms with E-state index in [0.717, 1.165) is 38.6 Å². The number of nitrogens with one attached hydrogen (secondary N) is 3. The van der Waals surface area contributed by atoms with Gasteiger partial charge in [-0.2, -0.15) is 0 Å². The zero-order valence-corrected chi connectivity index (χ0v) is 11.2. The second-order valence-corrected chi connectivity index (χ2v) is 4.60. The number of hydrogen-bond acceptors (Lipinski definition) is 3. The van der Waals surface area contributed by atoms with Gasteiger partial charge in [0.25, 0.3) is 0 Å². The van der Waals surface area contributed by atoms with Crippen molar-refractivity contribution in [1.29, 1.82) is 0 Å². The maximum absolute atomic E-state index is 11.4. The van der Waals surface area contributed by atoms with E-state index in [1.54, 1.807) is 0 Å². The standard InChI is InChI=1S/C12H25N5O/c1-2-3-8-14-12(17-13)15-9-4-5-11(18)16-10-6-7-10/h10H,2-9,13H2,1H3,(H,16,18)(H2,14,15,17). The van der Waals surface area contributed by atoms with E-state index in [2.05, 4.69) is 28.0 Å². The Morgan fingerprint density at radius 2 is 2.17 bits per heavy atom. The summed E-state index contributed by atoms with van der Waals surface area (Å²) >= 11 is 0. The maximum atomic E-state index is 11.4. The summed E-state index contributed by atoms with van der Waals surface area (Å²) in [5, 5.41) is 6.07. The Labute approximate surface area is 109 Å². The molecule has 104 valence electrons. The molecular weight excluding hydrogens is 230 g/mol. The molecule has 0 atom stereocenters. The lowest BCUT2D eigenvalue weighted by Crippen LogP contribution is -2.42. The summed E-state index contributed by atoms with van der Waals surface area (Å²) in [5.41, 5.74) is 2.53. The van der Waals surface area contributed by atoms with E-state index >= 15 is 0 Å². The quantitative estimate of drug-likeness (QED) is 0.164. The monoisotopic (exact) mass is 255 g/mol. The van der Waals surface area contributed by atoms with Crippen LogP contribution in [0.5, 0.6) is 0 Å². The van der Waals surface area contributed by atoms with Crippen LogP contribution in [-0.2, 0) is 4.79 Å². The molecule has 1 amide bonds. The SMILES string of the molecule is CCCCNC(=NCCCC(=O)NC1CC1)NN. The molecule has 1 rings (SSSR count). The molecule has 0 unspecified atom stereocenters. The Morgan fingerprint density at radius 1 is 1.39 bits per heavy atom. The van der Waals surface area contributed by atoms with Gasteiger partial charge in [-0.15, -0.1) is 0 Å². The van der Waals surface area contributed by atoms with Crippen LogP contribution in [0.3, 0.4) is 0 Å². The van der Waals surface area contributed by atoms with Gasteiger partial charge >= 0.3 is 0 Å². The highest BCUT2D eigenvalue weighted by molar-refractivity contribution is 5.79. The number of nitrogens with two attached hydrogens (primary N) is 1. The predicted octanol–water partition coefficient (Wildman–Crippen LogP) is 0.254. The molecule has 0 spiro atoms. The zero-order valence-electron chi connectivity index (χ0n) is 11.2. The van der Waals surface area contributed by atoms with Gasteiger partial charge in [0.15, 0.2) is 0 Å². The number of guanidine groups is 1.